The van der Waals surface area contributed by atoms with Gasteiger partial charge in [-0.15, -0.1) is 0 Å². The van der Waals surface area contributed by atoms with Crippen LogP contribution in [-0.2, 0) is 6.54 Å². The third-order valence-corrected chi connectivity index (χ3v) is 3.56. The highest BCUT2D eigenvalue weighted by molar-refractivity contribution is 6.30. The van der Waals surface area contributed by atoms with Gasteiger partial charge < -0.3 is 5.32 Å². The molecule has 1 aromatic heterocycles. The lowest BCUT2D eigenvalue weighted by atomic mass is 10.2. The van der Waals surface area contributed by atoms with Crippen molar-refractivity contribution in [3.8, 4) is 0 Å². The van der Waals surface area contributed by atoms with E-state index in [2.05, 4.69) is 10.3 Å². The van der Waals surface area contributed by atoms with Gasteiger partial charge in [-0.1, -0.05) is 41.9 Å². The number of carbonyl (C=O) groups is 1. The van der Waals surface area contributed by atoms with Crippen LogP contribution in [0, 0.1) is 5.82 Å². The molecule has 1 amide bonds. The predicted octanol–water partition coefficient (Wildman–Crippen LogP) is 3.96. The third kappa shape index (κ3) is 3.07. The van der Waals surface area contributed by atoms with Crippen molar-refractivity contribution in [2.24, 2.45) is 0 Å². The van der Waals surface area contributed by atoms with Crippen molar-refractivity contribution in [3.05, 3.63) is 76.7 Å². The van der Waals surface area contributed by atoms with E-state index in [9.17, 15) is 9.18 Å². The number of fused-ring (bicyclic) bond motifs is 1. The molecule has 0 aliphatic heterocycles. The Hall–Kier alpha value is -2.46. The number of hydrogen-bond acceptors (Lipinski definition) is 2. The van der Waals surface area contributed by atoms with E-state index in [1.165, 1.54) is 12.1 Å². The van der Waals surface area contributed by atoms with Gasteiger partial charge in [0.15, 0.2) is 0 Å². The summed E-state index contributed by atoms with van der Waals surface area (Å²) >= 11 is 5.71. The normalized spacial score (nSPS) is 10.6. The predicted molar refractivity (Wildman–Crippen MR) is 84.3 cm³/mol. The molecule has 1 N–H and O–H groups in total. The molecule has 0 atom stereocenters. The molecule has 0 aliphatic rings. The van der Waals surface area contributed by atoms with E-state index < -0.39 is 5.82 Å². The maximum atomic E-state index is 13.1. The van der Waals surface area contributed by atoms with Gasteiger partial charge >= 0.3 is 0 Å². The van der Waals surface area contributed by atoms with Crippen molar-refractivity contribution in [1.29, 1.82) is 0 Å². The average Bonchev–Trinajstić information content (AvgIpc) is 2.55. The SMILES string of the molecule is O=C(NCc1ccc(F)c(Cl)c1)c1ccc2ccccc2n1. The van der Waals surface area contributed by atoms with E-state index in [0.717, 1.165) is 16.5 Å². The summed E-state index contributed by atoms with van der Waals surface area (Å²) in [5.41, 5.74) is 1.83. The molecule has 0 bridgehead atoms. The molecule has 1 heterocycles. The smallest absolute Gasteiger partial charge is 0.270 e. The topological polar surface area (TPSA) is 42.0 Å². The molecular formula is C17H12ClFN2O. The van der Waals surface area contributed by atoms with Crippen LogP contribution < -0.4 is 5.32 Å². The summed E-state index contributed by atoms with van der Waals surface area (Å²) in [6, 6.07) is 15.5. The van der Waals surface area contributed by atoms with Gasteiger partial charge in [0.2, 0.25) is 0 Å². The van der Waals surface area contributed by atoms with Crippen LogP contribution >= 0.6 is 11.6 Å². The second-order valence-corrected chi connectivity index (χ2v) is 5.23. The Kier molecular flexibility index (Phi) is 4.02. The van der Waals surface area contributed by atoms with Crippen LogP contribution in [0.15, 0.2) is 54.6 Å². The van der Waals surface area contributed by atoms with Crippen LogP contribution in [0.3, 0.4) is 0 Å². The molecule has 3 nitrogen and oxygen atoms in total. The number of benzene rings is 2. The van der Waals surface area contributed by atoms with Crippen LogP contribution in [0.1, 0.15) is 16.1 Å². The highest BCUT2D eigenvalue weighted by Gasteiger charge is 2.08. The van der Waals surface area contributed by atoms with Gasteiger partial charge in [-0.05, 0) is 29.8 Å². The number of aromatic nitrogens is 1. The maximum Gasteiger partial charge on any atom is 0.270 e. The van der Waals surface area contributed by atoms with Crippen LogP contribution in [0.4, 0.5) is 4.39 Å². The molecule has 22 heavy (non-hydrogen) atoms. The Bertz CT molecular complexity index is 851. The van der Waals surface area contributed by atoms with Gasteiger partial charge in [-0.2, -0.15) is 0 Å². The van der Waals surface area contributed by atoms with Gasteiger partial charge in [0.25, 0.3) is 5.91 Å². The van der Waals surface area contributed by atoms with Gasteiger partial charge in [0, 0.05) is 11.9 Å². The largest absolute Gasteiger partial charge is 0.347 e. The van der Waals surface area contributed by atoms with E-state index in [4.69, 9.17) is 11.6 Å². The summed E-state index contributed by atoms with van der Waals surface area (Å²) < 4.78 is 13.1. The summed E-state index contributed by atoms with van der Waals surface area (Å²) in [5.74, 6) is -0.765. The lowest BCUT2D eigenvalue weighted by Gasteiger charge is -2.06. The highest BCUT2D eigenvalue weighted by atomic mass is 35.5. The Morgan fingerprint density at radius 2 is 1.95 bits per heavy atom. The molecule has 2 aromatic carbocycles. The van der Waals surface area contributed by atoms with E-state index in [1.54, 1.807) is 12.1 Å². The minimum absolute atomic E-state index is 0.0376. The molecule has 110 valence electrons. The zero-order chi connectivity index (χ0) is 15.5. The van der Waals surface area contributed by atoms with Crippen molar-refractivity contribution in [3.63, 3.8) is 0 Å². The number of halogens is 2. The number of para-hydroxylation sites is 1. The Labute approximate surface area is 131 Å². The number of nitrogens with one attached hydrogen (secondary N) is 1. The molecule has 0 saturated heterocycles. The van der Waals surface area contributed by atoms with Crippen molar-refractivity contribution in [2.45, 2.75) is 6.54 Å². The summed E-state index contributed by atoms with van der Waals surface area (Å²) in [5, 5.41) is 3.76. The number of amides is 1. The second-order valence-electron chi connectivity index (χ2n) is 4.82. The van der Waals surface area contributed by atoms with Crippen molar-refractivity contribution in [1.82, 2.24) is 10.3 Å². The number of pyridine rings is 1. The quantitative estimate of drug-likeness (QED) is 0.795. The monoisotopic (exact) mass is 314 g/mol. The fraction of sp³-hybridized carbons (Fsp3) is 0.0588. The summed E-state index contributed by atoms with van der Waals surface area (Å²) in [4.78, 5) is 16.5. The first kappa shape index (κ1) is 14.5. The maximum absolute atomic E-state index is 13.1. The van der Waals surface area contributed by atoms with Crippen LogP contribution in [-0.4, -0.2) is 10.9 Å². The summed E-state index contributed by atoms with van der Waals surface area (Å²) in [6.45, 7) is 0.257. The number of carbonyl (C=O) groups excluding carboxylic acids is 1. The van der Waals surface area contributed by atoms with Crippen LogP contribution in [0.25, 0.3) is 10.9 Å². The van der Waals surface area contributed by atoms with E-state index in [1.807, 2.05) is 30.3 Å². The lowest BCUT2D eigenvalue weighted by molar-refractivity contribution is 0.0946. The molecule has 0 radical (unpaired) electrons. The molecule has 0 spiro atoms. The zero-order valence-electron chi connectivity index (χ0n) is 11.5. The van der Waals surface area contributed by atoms with Crippen LogP contribution in [0.2, 0.25) is 5.02 Å². The lowest BCUT2D eigenvalue weighted by Crippen LogP contribution is -2.23. The first-order chi connectivity index (χ1) is 10.6. The first-order valence-electron chi connectivity index (χ1n) is 6.71. The fourth-order valence-corrected chi connectivity index (χ4v) is 2.32. The van der Waals surface area contributed by atoms with Crippen molar-refractivity contribution >= 4 is 28.4 Å². The standard InChI is InChI=1S/C17H12ClFN2O/c18-13-9-11(5-7-14(13)19)10-20-17(22)16-8-6-12-3-1-2-4-15(12)21-16/h1-9H,10H2,(H,20,22). The fourth-order valence-electron chi connectivity index (χ4n) is 2.11. The Balaban J connectivity index is 1.74. The van der Waals surface area contributed by atoms with Gasteiger partial charge in [0.05, 0.1) is 10.5 Å². The Morgan fingerprint density at radius 3 is 2.77 bits per heavy atom. The van der Waals surface area contributed by atoms with Gasteiger partial charge in [-0.25, -0.2) is 9.37 Å². The van der Waals surface area contributed by atoms with Gasteiger partial charge in [-0.3, -0.25) is 4.79 Å². The van der Waals surface area contributed by atoms with Crippen molar-refractivity contribution in [2.75, 3.05) is 0 Å². The Morgan fingerprint density at radius 1 is 1.14 bits per heavy atom. The van der Waals surface area contributed by atoms with E-state index in [0.29, 0.717) is 5.69 Å². The van der Waals surface area contributed by atoms with E-state index >= 15 is 0 Å². The average molecular weight is 315 g/mol. The van der Waals surface area contributed by atoms with Gasteiger partial charge in [0.1, 0.15) is 11.5 Å². The second kappa shape index (κ2) is 6.12. The molecule has 5 heteroatoms. The van der Waals surface area contributed by atoms with Crippen LogP contribution in [0.5, 0.6) is 0 Å². The number of nitrogens with zero attached hydrogens (tertiary/aromatic N) is 1. The molecule has 0 fully saturated rings. The molecule has 3 rings (SSSR count). The minimum atomic E-state index is -0.479. The molecule has 0 unspecified atom stereocenters. The number of hydrogen-bond donors (Lipinski definition) is 1. The molecule has 3 aromatic rings. The van der Waals surface area contributed by atoms with E-state index in [-0.39, 0.29) is 17.5 Å². The van der Waals surface area contributed by atoms with Crippen molar-refractivity contribution < 1.29 is 9.18 Å². The third-order valence-electron chi connectivity index (χ3n) is 3.27. The first-order valence-corrected chi connectivity index (χ1v) is 7.09. The highest BCUT2D eigenvalue weighted by Crippen LogP contribution is 2.16. The molecular weight excluding hydrogens is 303 g/mol. The zero-order valence-corrected chi connectivity index (χ0v) is 12.3. The minimum Gasteiger partial charge on any atom is -0.347 e. The summed E-state index contributed by atoms with van der Waals surface area (Å²) in [6.07, 6.45) is 0. The molecule has 0 saturated carbocycles. The number of rotatable bonds is 3. The molecule has 0 aliphatic carbocycles. The summed E-state index contributed by atoms with van der Waals surface area (Å²) in [7, 11) is 0.